The van der Waals surface area contributed by atoms with Crippen LogP contribution in [0.15, 0.2) is 9.62 Å². The zero-order valence-corrected chi connectivity index (χ0v) is 14.9. The quantitative estimate of drug-likeness (QED) is 0.784. The third-order valence-electron chi connectivity index (χ3n) is 4.47. The Kier molecular flexibility index (Phi) is 5.12. The summed E-state index contributed by atoms with van der Waals surface area (Å²) in [5, 5.41) is 9.34. The van der Waals surface area contributed by atoms with Gasteiger partial charge in [-0.1, -0.05) is 19.0 Å². The average molecular weight is 348 g/mol. The SMILES string of the molecule is CC(C)c1noc(CN2CCN(C(=O)C3=NN(C)C(=O)CC3)CC2)n1. The minimum atomic E-state index is -0.0705. The van der Waals surface area contributed by atoms with E-state index in [4.69, 9.17) is 4.52 Å². The zero-order chi connectivity index (χ0) is 18.0. The number of hydrogen-bond donors (Lipinski definition) is 0. The summed E-state index contributed by atoms with van der Waals surface area (Å²) < 4.78 is 5.28. The summed E-state index contributed by atoms with van der Waals surface area (Å²) in [6, 6.07) is 0. The second-order valence-electron chi connectivity index (χ2n) is 6.73. The largest absolute Gasteiger partial charge is 0.338 e. The predicted molar refractivity (Wildman–Crippen MR) is 89.7 cm³/mol. The molecule has 1 aromatic heterocycles. The van der Waals surface area contributed by atoms with Gasteiger partial charge in [0.1, 0.15) is 5.71 Å². The number of hydrazone groups is 1. The Labute approximate surface area is 146 Å². The topological polar surface area (TPSA) is 95.1 Å². The molecule has 0 saturated carbocycles. The van der Waals surface area contributed by atoms with E-state index in [1.54, 1.807) is 11.9 Å². The van der Waals surface area contributed by atoms with Crippen LogP contribution in [0.25, 0.3) is 0 Å². The van der Waals surface area contributed by atoms with Crippen LogP contribution >= 0.6 is 0 Å². The Morgan fingerprint density at radius 1 is 1.20 bits per heavy atom. The maximum absolute atomic E-state index is 12.5. The summed E-state index contributed by atoms with van der Waals surface area (Å²) in [6.07, 6.45) is 0.762. The molecule has 9 heteroatoms. The lowest BCUT2D eigenvalue weighted by molar-refractivity contribution is -0.131. The van der Waals surface area contributed by atoms with Crippen molar-refractivity contribution >= 4 is 17.5 Å². The molecule has 3 rings (SSSR count). The lowest BCUT2D eigenvalue weighted by atomic mass is 10.1. The molecule has 136 valence electrons. The van der Waals surface area contributed by atoms with Crippen LogP contribution in [0, 0.1) is 0 Å². The Balaban J connectivity index is 1.52. The minimum absolute atomic E-state index is 0.0540. The first-order chi connectivity index (χ1) is 11.9. The second-order valence-corrected chi connectivity index (χ2v) is 6.73. The summed E-state index contributed by atoms with van der Waals surface area (Å²) in [6.45, 7) is 7.39. The molecule has 0 spiro atoms. The van der Waals surface area contributed by atoms with Crippen LogP contribution in [0.3, 0.4) is 0 Å². The molecular formula is C16H24N6O3. The number of hydrogen-bond acceptors (Lipinski definition) is 7. The molecule has 2 aliphatic heterocycles. The number of piperazine rings is 1. The zero-order valence-electron chi connectivity index (χ0n) is 14.9. The van der Waals surface area contributed by atoms with Gasteiger partial charge in [0.05, 0.1) is 6.54 Å². The molecule has 0 aliphatic carbocycles. The van der Waals surface area contributed by atoms with Crippen LogP contribution in [0.5, 0.6) is 0 Å². The molecule has 1 aromatic rings. The first-order valence-electron chi connectivity index (χ1n) is 8.62. The van der Waals surface area contributed by atoms with Crippen LogP contribution in [0.1, 0.15) is 44.3 Å². The normalized spacial score (nSPS) is 19.5. The maximum atomic E-state index is 12.5. The van der Waals surface area contributed by atoms with Gasteiger partial charge in [0.25, 0.3) is 5.91 Å². The third kappa shape index (κ3) is 4.04. The first-order valence-corrected chi connectivity index (χ1v) is 8.62. The highest BCUT2D eigenvalue weighted by molar-refractivity contribution is 6.39. The Hall–Kier alpha value is -2.29. The molecule has 0 N–H and O–H groups in total. The van der Waals surface area contributed by atoms with E-state index in [9.17, 15) is 9.59 Å². The highest BCUT2D eigenvalue weighted by atomic mass is 16.5. The van der Waals surface area contributed by atoms with E-state index in [2.05, 4.69) is 20.1 Å². The van der Waals surface area contributed by atoms with Crippen LogP contribution in [0.2, 0.25) is 0 Å². The molecular weight excluding hydrogens is 324 g/mol. The molecule has 0 bridgehead atoms. The van der Waals surface area contributed by atoms with Gasteiger partial charge in [0, 0.05) is 52.0 Å². The van der Waals surface area contributed by atoms with Gasteiger partial charge in [0.2, 0.25) is 11.8 Å². The van der Waals surface area contributed by atoms with Crippen molar-refractivity contribution in [1.29, 1.82) is 0 Å². The van der Waals surface area contributed by atoms with E-state index in [0.29, 0.717) is 44.1 Å². The minimum Gasteiger partial charge on any atom is -0.338 e. The maximum Gasteiger partial charge on any atom is 0.270 e. The van der Waals surface area contributed by atoms with Crippen LogP contribution in [-0.4, -0.2) is 75.7 Å². The Morgan fingerprint density at radius 2 is 1.92 bits per heavy atom. The number of nitrogens with zero attached hydrogens (tertiary/aromatic N) is 6. The smallest absolute Gasteiger partial charge is 0.270 e. The van der Waals surface area contributed by atoms with Gasteiger partial charge < -0.3 is 9.42 Å². The number of amides is 2. The number of aromatic nitrogens is 2. The fourth-order valence-corrected chi connectivity index (χ4v) is 2.87. The first kappa shape index (κ1) is 17.5. The van der Waals surface area contributed by atoms with Gasteiger partial charge in [0.15, 0.2) is 5.82 Å². The van der Waals surface area contributed by atoms with E-state index in [1.165, 1.54) is 5.01 Å². The van der Waals surface area contributed by atoms with Crippen LogP contribution < -0.4 is 0 Å². The number of carbonyl (C=O) groups is 2. The molecule has 25 heavy (non-hydrogen) atoms. The van der Waals surface area contributed by atoms with E-state index < -0.39 is 0 Å². The van der Waals surface area contributed by atoms with E-state index in [-0.39, 0.29) is 17.7 Å². The van der Waals surface area contributed by atoms with Crippen molar-refractivity contribution in [3.63, 3.8) is 0 Å². The van der Waals surface area contributed by atoms with Gasteiger partial charge in [-0.3, -0.25) is 14.5 Å². The van der Waals surface area contributed by atoms with Crippen molar-refractivity contribution in [2.45, 2.75) is 39.2 Å². The molecule has 9 nitrogen and oxygen atoms in total. The fourth-order valence-electron chi connectivity index (χ4n) is 2.87. The van der Waals surface area contributed by atoms with Crippen molar-refractivity contribution in [3.8, 4) is 0 Å². The van der Waals surface area contributed by atoms with Gasteiger partial charge in [-0.05, 0) is 0 Å². The monoisotopic (exact) mass is 348 g/mol. The Morgan fingerprint density at radius 3 is 2.52 bits per heavy atom. The molecule has 3 heterocycles. The Bertz CT molecular complexity index is 675. The highest BCUT2D eigenvalue weighted by Crippen LogP contribution is 2.14. The van der Waals surface area contributed by atoms with Gasteiger partial charge in [-0.15, -0.1) is 0 Å². The molecule has 1 fully saturated rings. The molecule has 0 aromatic carbocycles. The molecule has 2 amide bonds. The molecule has 2 aliphatic rings. The lowest BCUT2D eigenvalue weighted by Gasteiger charge is -2.34. The van der Waals surface area contributed by atoms with Gasteiger partial charge in [-0.2, -0.15) is 10.1 Å². The summed E-state index contributed by atoms with van der Waals surface area (Å²) in [4.78, 5) is 32.4. The van der Waals surface area contributed by atoms with Crippen molar-refractivity contribution < 1.29 is 14.1 Å². The summed E-state index contributed by atoms with van der Waals surface area (Å²) in [5.41, 5.74) is 0.467. The number of rotatable bonds is 4. The van der Waals surface area contributed by atoms with Crippen molar-refractivity contribution in [2.24, 2.45) is 5.10 Å². The molecule has 1 saturated heterocycles. The van der Waals surface area contributed by atoms with Crippen molar-refractivity contribution in [3.05, 3.63) is 11.7 Å². The number of carbonyl (C=O) groups excluding carboxylic acids is 2. The molecule has 0 unspecified atom stereocenters. The highest BCUT2D eigenvalue weighted by Gasteiger charge is 2.28. The predicted octanol–water partition coefficient (Wildman–Crippen LogP) is 0.445. The van der Waals surface area contributed by atoms with Gasteiger partial charge >= 0.3 is 0 Å². The van der Waals surface area contributed by atoms with Crippen LogP contribution in [-0.2, 0) is 16.1 Å². The molecule has 0 radical (unpaired) electrons. The van der Waals surface area contributed by atoms with Crippen molar-refractivity contribution in [1.82, 2.24) is 24.9 Å². The summed E-state index contributed by atoms with van der Waals surface area (Å²) in [5.74, 6) is 1.45. The standard InChI is InChI=1S/C16H24N6O3/c1-11(2)15-17-13(25-19-15)10-21-6-8-22(9-7-21)16(24)12-4-5-14(23)20(3)18-12/h11H,4-10H2,1-3H3. The average Bonchev–Trinajstić information content (AvgIpc) is 3.06. The third-order valence-corrected chi connectivity index (χ3v) is 4.47. The van der Waals surface area contributed by atoms with Crippen molar-refractivity contribution in [2.75, 3.05) is 33.2 Å². The molecule has 0 atom stereocenters. The van der Waals surface area contributed by atoms with E-state index >= 15 is 0 Å². The lowest BCUT2D eigenvalue weighted by Crippen LogP contribution is -2.51. The second kappa shape index (κ2) is 7.30. The van der Waals surface area contributed by atoms with Gasteiger partial charge in [-0.25, -0.2) is 5.01 Å². The summed E-state index contributed by atoms with van der Waals surface area (Å²) in [7, 11) is 1.59. The van der Waals surface area contributed by atoms with E-state index in [0.717, 1.165) is 18.9 Å². The summed E-state index contributed by atoms with van der Waals surface area (Å²) >= 11 is 0. The van der Waals surface area contributed by atoms with E-state index in [1.807, 2.05) is 13.8 Å². The van der Waals surface area contributed by atoms with Crippen LogP contribution in [0.4, 0.5) is 0 Å². The fraction of sp³-hybridized carbons (Fsp3) is 0.688.